The minimum absolute atomic E-state index is 0.161. The molecule has 2 heterocycles. The molecular weight excluding hydrogens is 331 g/mol. The predicted molar refractivity (Wildman–Crippen MR) is 105 cm³/mol. The smallest absolute Gasteiger partial charge is 0.146 e. The van der Waals surface area contributed by atoms with Crippen LogP contribution in [0.1, 0.15) is 5.82 Å². The Morgan fingerprint density at radius 1 is 1.08 bits per heavy atom. The highest BCUT2D eigenvalue weighted by atomic mass is 19.1. The lowest BCUT2D eigenvalue weighted by atomic mass is 10.2. The van der Waals surface area contributed by atoms with E-state index < -0.39 is 0 Å². The molecule has 0 saturated carbocycles. The fourth-order valence-corrected chi connectivity index (χ4v) is 3.10. The van der Waals surface area contributed by atoms with Crippen molar-refractivity contribution < 1.29 is 4.39 Å². The first-order chi connectivity index (χ1) is 12.5. The van der Waals surface area contributed by atoms with Crippen LogP contribution in [0, 0.1) is 12.7 Å². The number of aryl methyl sites for hydroxylation is 1. The van der Waals surface area contributed by atoms with E-state index in [4.69, 9.17) is 0 Å². The van der Waals surface area contributed by atoms with Crippen molar-refractivity contribution in [1.29, 1.82) is 0 Å². The van der Waals surface area contributed by atoms with Gasteiger partial charge in [-0.15, -0.1) is 0 Å². The maximum atomic E-state index is 14.0. The Balaban J connectivity index is 1.63. The summed E-state index contributed by atoms with van der Waals surface area (Å²) in [6.45, 7) is 6.85. The van der Waals surface area contributed by atoms with Crippen molar-refractivity contribution in [2.75, 3.05) is 68.5 Å². The van der Waals surface area contributed by atoms with Gasteiger partial charge in [0, 0.05) is 45.3 Å². The summed E-state index contributed by atoms with van der Waals surface area (Å²) in [5.41, 5.74) is 0.678. The van der Waals surface area contributed by atoms with Crippen LogP contribution in [0.5, 0.6) is 0 Å². The standard InChI is InChI=1S/C19H27FN6/c1-15-22-18(21-8-9-24(2)3)14-19(23-15)26-12-10-25(11-13-26)17-7-5-4-6-16(17)20/h4-7,14H,8-13H2,1-3H3,(H,21,22,23). The van der Waals surface area contributed by atoms with Crippen LogP contribution in [-0.4, -0.2) is 68.2 Å². The fourth-order valence-electron chi connectivity index (χ4n) is 3.10. The summed E-state index contributed by atoms with van der Waals surface area (Å²) in [5, 5.41) is 3.36. The molecule has 1 fully saturated rings. The molecule has 26 heavy (non-hydrogen) atoms. The molecule has 1 saturated heterocycles. The first-order valence-electron chi connectivity index (χ1n) is 9.01. The summed E-state index contributed by atoms with van der Waals surface area (Å²) < 4.78 is 14.0. The van der Waals surface area contributed by atoms with Crippen LogP contribution in [0.25, 0.3) is 0 Å². The van der Waals surface area contributed by atoms with E-state index in [9.17, 15) is 4.39 Å². The molecule has 1 aromatic heterocycles. The van der Waals surface area contributed by atoms with Gasteiger partial charge in [0.1, 0.15) is 23.3 Å². The van der Waals surface area contributed by atoms with Crippen LogP contribution >= 0.6 is 0 Å². The van der Waals surface area contributed by atoms with Gasteiger partial charge in [-0.25, -0.2) is 14.4 Å². The van der Waals surface area contributed by atoms with Crippen LogP contribution in [0.3, 0.4) is 0 Å². The molecule has 3 rings (SSSR count). The Morgan fingerprint density at radius 2 is 1.77 bits per heavy atom. The summed E-state index contributed by atoms with van der Waals surface area (Å²) >= 11 is 0. The van der Waals surface area contributed by atoms with Crippen LogP contribution < -0.4 is 15.1 Å². The van der Waals surface area contributed by atoms with E-state index in [0.717, 1.165) is 56.7 Å². The lowest BCUT2D eigenvalue weighted by Crippen LogP contribution is -2.47. The Hall–Kier alpha value is -2.41. The molecule has 1 aliphatic heterocycles. The van der Waals surface area contributed by atoms with Gasteiger partial charge in [0.15, 0.2) is 0 Å². The van der Waals surface area contributed by atoms with E-state index in [1.807, 2.05) is 39.2 Å². The lowest BCUT2D eigenvalue weighted by molar-refractivity contribution is 0.425. The second kappa shape index (κ2) is 8.31. The molecule has 6 nitrogen and oxygen atoms in total. The fraction of sp³-hybridized carbons (Fsp3) is 0.474. The summed E-state index contributed by atoms with van der Waals surface area (Å²) in [6.07, 6.45) is 0. The number of nitrogens with zero attached hydrogens (tertiary/aromatic N) is 5. The first-order valence-corrected chi connectivity index (χ1v) is 9.01. The van der Waals surface area contributed by atoms with E-state index in [1.165, 1.54) is 6.07 Å². The molecule has 0 atom stereocenters. The highest BCUT2D eigenvalue weighted by Gasteiger charge is 2.20. The highest BCUT2D eigenvalue weighted by Crippen LogP contribution is 2.23. The van der Waals surface area contributed by atoms with E-state index >= 15 is 0 Å². The van der Waals surface area contributed by atoms with Crippen LogP contribution in [0.15, 0.2) is 30.3 Å². The zero-order chi connectivity index (χ0) is 18.5. The van der Waals surface area contributed by atoms with E-state index in [-0.39, 0.29) is 5.82 Å². The second-order valence-corrected chi connectivity index (χ2v) is 6.81. The summed E-state index contributed by atoms with van der Waals surface area (Å²) in [6, 6.07) is 8.96. The summed E-state index contributed by atoms with van der Waals surface area (Å²) in [7, 11) is 4.10. The zero-order valence-corrected chi connectivity index (χ0v) is 15.7. The average Bonchev–Trinajstić information content (AvgIpc) is 2.61. The number of hydrogen-bond acceptors (Lipinski definition) is 6. The molecule has 1 N–H and O–H groups in total. The van der Waals surface area contributed by atoms with Crippen LogP contribution in [-0.2, 0) is 0 Å². The third-order valence-corrected chi connectivity index (χ3v) is 4.49. The van der Waals surface area contributed by atoms with Gasteiger partial charge in [-0.05, 0) is 33.2 Å². The minimum atomic E-state index is -0.161. The number of piperazine rings is 1. The molecule has 0 unspecified atom stereocenters. The Bertz CT molecular complexity index is 728. The SMILES string of the molecule is Cc1nc(NCCN(C)C)cc(N2CCN(c3ccccc3F)CC2)n1. The molecule has 0 aliphatic carbocycles. The van der Waals surface area contributed by atoms with Crippen molar-refractivity contribution in [3.05, 3.63) is 42.0 Å². The van der Waals surface area contributed by atoms with Gasteiger partial charge in [-0.2, -0.15) is 0 Å². The topological polar surface area (TPSA) is 47.5 Å². The van der Waals surface area contributed by atoms with Gasteiger partial charge in [-0.1, -0.05) is 12.1 Å². The van der Waals surface area contributed by atoms with Crippen molar-refractivity contribution in [3.8, 4) is 0 Å². The van der Waals surface area contributed by atoms with Crippen molar-refractivity contribution in [2.45, 2.75) is 6.92 Å². The molecule has 0 spiro atoms. The van der Waals surface area contributed by atoms with Crippen molar-refractivity contribution >= 4 is 17.3 Å². The monoisotopic (exact) mass is 358 g/mol. The molecule has 2 aromatic rings. The van der Waals surface area contributed by atoms with Crippen LogP contribution in [0.4, 0.5) is 21.7 Å². The van der Waals surface area contributed by atoms with Crippen molar-refractivity contribution in [3.63, 3.8) is 0 Å². The van der Waals surface area contributed by atoms with E-state index in [1.54, 1.807) is 6.07 Å². The third kappa shape index (κ3) is 4.60. The van der Waals surface area contributed by atoms with Gasteiger partial charge >= 0.3 is 0 Å². The van der Waals surface area contributed by atoms with E-state index in [2.05, 4.69) is 30.0 Å². The van der Waals surface area contributed by atoms with Gasteiger partial charge in [0.2, 0.25) is 0 Å². The minimum Gasteiger partial charge on any atom is -0.369 e. The summed E-state index contributed by atoms with van der Waals surface area (Å²) in [5.74, 6) is 2.38. The molecule has 1 aliphatic rings. The number of aromatic nitrogens is 2. The van der Waals surface area contributed by atoms with Gasteiger partial charge in [0.25, 0.3) is 0 Å². The number of para-hydroxylation sites is 1. The van der Waals surface area contributed by atoms with Gasteiger partial charge < -0.3 is 20.0 Å². The highest BCUT2D eigenvalue weighted by molar-refractivity contribution is 5.53. The molecule has 140 valence electrons. The molecule has 7 heteroatoms. The average molecular weight is 358 g/mol. The zero-order valence-electron chi connectivity index (χ0n) is 15.7. The van der Waals surface area contributed by atoms with Gasteiger partial charge in [0.05, 0.1) is 5.69 Å². The number of rotatable bonds is 6. The Labute approximate surface area is 154 Å². The maximum Gasteiger partial charge on any atom is 0.146 e. The quantitative estimate of drug-likeness (QED) is 0.855. The molecule has 0 radical (unpaired) electrons. The molecular formula is C19H27FN6. The number of likely N-dealkylation sites (N-methyl/N-ethyl adjacent to an activating group) is 1. The number of anilines is 3. The lowest BCUT2D eigenvalue weighted by Gasteiger charge is -2.37. The Morgan fingerprint density at radius 3 is 2.46 bits per heavy atom. The number of benzene rings is 1. The van der Waals surface area contributed by atoms with Crippen molar-refractivity contribution in [2.24, 2.45) is 0 Å². The third-order valence-electron chi connectivity index (χ3n) is 4.49. The first kappa shape index (κ1) is 18.4. The predicted octanol–water partition coefficient (Wildman–Crippen LogP) is 2.22. The molecule has 1 aromatic carbocycles. The summed E-state index contributed by atoms with van der Waals surface area (Å²) in [4.78, 5) is 15.5. The molecule has 0 bridgehead atoms. The normalized spacial score (nSPS) is 14.8. The van der Waals surface area contributed by atoms with E-state index in [0.29, 0.717) is 5.69 Å². The maximum absolute atomic E-state index is 14.0. The van der Waals surface area contributed by atoms with Gasteiger partial charge in [-0.3, -0.25) is 0 Å². The second-order valence-electron chi connectivity index (χ2n) is 6.81. The van der Waals surface area contributed by atoms with Crippen LogP contribution in [0.2, 0.25) is 0 Å². The number of halogens is 1. The molecule has 0 amide bonds. The van der Waals surface area contributed by atoms with Crippen molar-refractivity contribution in [1.82, 2.24) is 14.9 Å². The number of nitrogens with one attached hydrogen (secondary N) is 1. The largest absolute Gasteiger partial charge is 0.369 e. The number of hydrogen-bond donors (Lipinski definition) is 1. The Kier molecular flexibility index (Phi) is 5.88.